The molecular weight excluding hydrogens is 572 g/mol. The molecule has 14 heteroatoms. The third-order valence-electron chi connectivity index (χ3n) is 7.74. The van der Waals surface area contributed by atoms with Crippen molar-refractivity contribution in [3.8, 4) is 5.75 Å². The van der Waals surface area contributed by atoms with Gasteiger partial charge in [0.2, 0.25) is 12.5 Å². The maximum absolute atomic E-state index is 14.5. The predicted molar refractivity (Wildman–Crippen MR) is 147 cm³/mol. The maximum atomic E-state index is 14.5. The fraction of sp³-hybridized carbons (Fsp3) is 0.552. The maximum Gasteiger partial charge on any atom is 0.413 e. The van der Waals surface area contributed by atoms with E-state index in [9.17, 15) is 28.6 Å². The molecule has 3 unspecified atom stereocenters. The van der Waals surface area contributed by atoms with E-state index in [0.29, 0.717) is 11.3 Å². The molecule has 4 rings (SSSR count). The summed E-state index contributed by atoms with van der Waals surface area (Å²) in [6.07, 6.45) is -4.69. The van der Waals surface area contributed by atoms with E-state index in [4.69, 9.17) is 23.7 Å². The molecule has 0 radical (unpaired) electrons. The molecule has 3 N–H and O–H groups in total. The number of halogens is 2. The summed E-state index contributed by atoms with van der Waals surface area (Å²) in [5.41, 5.74) is 0.645. The Morgan fingerprint density at radius 3 is 2.44 bits per heavy atom. The van der Waals surface area contributed by atoms with E-state index >= 15 is 0 Å². The summed E-state index contributed by atoms with van der Waals surface area (Å²) in [5.74, 6) is -3.65. The highest BCUT2D eigenvalue weighted by molar-refractivity contribution is 6.03. The number of nitrogens with one attached hydrogen (secondary N) is 1. The van der Waals surface area contributed by atoms with E-state index in [1.54, 1.807) is 24.3 Å². The van der Waals surface area contributed by atoms with Crippen molar-refractivity contribution in [3.63, 3.8) is 0 Å². The summed E-state index contributed by atoms with van der Waals surface area (Å²) >= 11 is 0. The highest BCUT2D eigenvalue weighted by atomic mass is 19.3. The number of aliphatic hydroxyl groups excluding tert-OH is 2. The van der Waals surface area contributed by atoms with E-state index < -0.39 is 55.4 Å². The molecule has 43 heavy (non-hydrogen) atoms. The number of alkyl halides is 2. The first-order valence-corrected chi connectivity index (χ1v) is 13.9. The van der Waals surface area contributed by atoms with Crippen LogP contribution in [0.15, 0.2) is 53.9 Å². The molecule has 236 valence electrons. The number of amidine groups is 1. The molecule has 0 bridgehead atoms. The number of nitrogens with zero attached hydrogens (tertiary/aromatic N) is 2. The summed E-state index contributed by atoms with van der Waals surface area (Å²) in [7, 11) is 0. The zero-order valence-electron chi connectivity index (χ0n) is 24.3. The van der Waals surface area contributed by atoms with Crippen molar-refractivity contribution in [1.82, 2.24) is 10.2 Å². The molecule has 8 atom stereocenters. The van der Waals surface area contributed by atoms with Crippen molar-refractivity contribution < 1.29 is 52.3 Å². The third kappa shape index (κ3) is 7.15. The minimum absolute atomic E-state index is 0.0145. The Bertz CT molecular complexity index is 1240. The Morgan fingerprint density at radius 2 is 1.86 bits per heavy atom. The quantitative estimate of drug-likeness (QED) is 0.376. The smallest absolute Gasteiger partial charge is 0.413 e. The van der Waals surface area contributed by atoms with Crippen LogP contribution in [0.4, 0.5) is 13.6 Å². The first kappa shape index (κ1) is 32.3. The van der Waals surface area contributed by atoms with E-state index in [-0.39, 0.29) is 36.2 Å². The minimum atomic E-state index is -3.71. The van der Waals surface area contributed by atoms with Crippen molar-refractivity contribution in [1.29, 1.82) is 0 Å². The second-order valence-corrected chi connectivity index (χ2v) is 10.7. The van der Waals surface area contributed by atoms with Crippen LogP contribution in [0.25, 0.3) is 0 Å². The van der Waals surface area contributed by atoms with Gasteiger partial charge in [-0.2, -0.15) is 8.78 Å². The largest absolute Gasteiger partial charge is 0.461 e. The highest BCUT2D eigenvalue weighted by Gasteiger charge is 2.60. The minimum Gasteiger partial charge on any atom is -0.461 e. The molecule has 1 aromatic carbocycles. The van der Waals surface area contributed by atoms with E-state index in [1.165, 1.54) is 19.2 Å². The standard InChI is InChI=1S/C29H37F2N3O9/c1-6-21-15(2)16(3)24(40-18(5)36)26(42-21)41-20-9-7-19(8-10-20)14-39-28(38)33-23-11-12-34(17(4)32-23)27-29(30,31)25(37)22(13-35)43-27/h7-12,15-16,21-22,24-27,35,37H,4,6,13-14H2,1-3,5H3,(H,32,33,38)/t15-,16+,21?,22-,24?,25?,26-,27-/m1/s1. The fourth-order valence-corrected chi connectivity index (χ4v) is 5.14. The van der Waals surface area contributed by atoms with Gasteiger partial charge in [-0.3, -0.25) is 10.1 Å². The van der Waals surface area contributed by atoms with Gasteiger partial charge in [0.05, 0.1) is 12.7 Å². The molecule has 0 saturated carbocycles. The van der Waals surface area contributed by atoms with Crippen LogP contribution in [-0.2, 0) is 30.3 Å². The van der Waals surface area contributed by atoms with Gasteiger partial charge in [-0.1, -0.05) is 39.5 Å². The zero-order valence-corrected chi connectivity index (χ0v) is 24.3. The van der Waals surface area contributed by atoms with Gasteiger partial charge < -0.3 is 38.8 Å². The van der Waals surface area contributed by atoms with Crippen molar-refractivity contribution in [2.45, 2.75) is 83.6 Å². The lowest BCUT2D eigenvalue weighted by atomic mass is 9.82. The zero-order chi connectivity index (χ0) is 31.5. The average molecular weight is 610 g/mol. The van der Waals surface area contributed by atoms with Crippen molar-refractivity contribution in [3.05, 3.63) is 54.5 Å². The molecule has 0 spiro atoms. The van der Waals surface area contributed by atoms with Crippen LogP contribution in [0.3, 0.4) is 0 Å². The SMILES string of the molecule is C=C1N=C(NC(=O)OCc2ccc(O[C@@H]3OC(CC)[C@H](C)[C@H](C)C3OC(C)=O)cc2)C=CN1[C@@H]1O[C@H](CO)C(O)C1(F)F. The summed E-state index contributed by atoms with van der Waals surface area (Å²) in [6, 6.07) is 6.76. The Morgan fingerprint density at radius 1 is 1.16 bits per heavy atom. The monoisotopic (exact) mass is 609 g/mol. The molecule has 2 saturated heterocycles. The van der Waals surface area contributed by atoms with Gasteiger partial charge in [0.25, 0.3) is 0 Å². The Balaban J connectivity index is 1.29. The number of alkyl carbamates (subject to hydrolysis) is 1. The number of aliphatic imine (C=N–C) groups is 1. The first-order chi connectivity index (χ1) is 20.3. The highest BCUT2D eigenvalue weighted by Crippen LogP contribution is 2.40. The van der Waals surface area contributed by atoms with E-state index in [2.05, 4.69) is 23.8 Å². The summed E-state index contributed by atoms with van der Waals surface area (Å²) < 4.78 is 56.9. The van der Waals surface area contributed by atoms with Gasteiger partial charge in [-0.25, -0.2) is 9.79 Å². The van der Waals surface area contributed by atoms with Crippen molar-refractivity contribution >= 4 is 17.9 Å². The van der Waals surface area contributed by atoms with Gasteiger partial charge in [-0.15, -0.1) is 0 Å². The fourth-order valence-electron chi connectivity index (χ4n) is 5.14. The van der Waals surface area contributed by atoms with Gasteiger partial charge in [0.15, 0.2) is 12.2 Å². The third-order valence-corrected chi connectivity index (χ3v) is 7.74. The number of rotatable bonds is 8. The van der Waals surface area contributed by atoms with Gasteiger partial charge in [0.1, 0.15) is 30.1 Å². The number of carbonyl (C=O) groups excluding carboxylic acids is 2. The second-order valence-electron chi connectivity index (χ2n) is 10.7. The molecule has 0 aromatic heterocycles. The molecule has 3 aliphatic rings. The van der Waals surface area contributed by atoms with Crippen molar-refractivity contribution in [2.75, 3.05) is 6.61 Å². The normalized spacial score (nSPS) is 31.8. The van der Waals surface area contributed by atoms with Gasteiger partial charge in [0, 0.05) is 19.0 Å². The summed E-state index contributed by atoms with van der Waals surface area (Å²) in [4.78, 5) is 28.9. The number of hydrogen-bond donors (Lipinski definition) is 3. The summed E-state index contributed by atoms with van der Waals surface area (Å²) in [6.45, 7) is 10.2. The van der Waals surface area contributed by atoms with Crippen LogP contribution < -0.4 is 10.1 Å². The van der Waals surface area contributed by atoms with E-state index in [0.717, 1.165) is 11.3 Å². The lowest BCUT2D eigenvalue weighted by molar-refractivity contribution is -0.246. The lowest BCUT2D eigenvalue weighted by Crippen LogP contribution is -2.53. The second kappa shape index (κ2) is 13.4. The number of aliphatic hydroxyl groups is 2. The Labute approximate surface area is 247 Å². The number of benzene rings is 1. The number of carbonyl (C=O) groups is 2. The van der Waals surface area contributed by atoms with Crippen LogP contribution in [-0.4, -0.2) is 82.5 Å². The molecule has 1 amide bonds. The molecule has 12 nitrogen and oxygen atoms in total. The molecule has 1 aromatic rings. The van der Waals surface area contributed by atoms with Crippen LogP contribution in [0.5, 0.6) is 5.75 Å². The number of ether oxygens (including phenoxy) is 5. The molecule has 3 aliphatic heterocycles. The molecule has 3 heterocycles. The van der Waals surface area contributed by atoms with Crippen LogP contribution in [0, 0.1) is 11.8 Å². The van der Waals surface area contributed by atoms with Gasteiger partial charge >= 0.3 is 18.0 Å². The van der Waals surface area contributed by atoms with Gasteiger partial charge in [-0.05, 0) is 36.1 Å². The number of hydrogen-bond acceptors (Lipinski definition) is 11. The van der Waals surface area contributed by atoms with Crippen LogP contribution >= 0.6 is 0 Å². The Kier molecular flexibility index (Phi) is 10.1. The van der Waals surface area contributed by atoms with Crippen LogP contribution in [0.2, 0.25) is 0 Å². The number of amides is 1. The topological polar surface area (TPSA) is 148 Å². The first-order valence-electron chi connectivity index (χ1n) is 13.9. The van der Waals surface area contributed by atoms with E-state index in [1.807, 2.05) is 13.8 Å². The molecule has 2 fully saturated rings. The lowest BCUT2D eigenvalue weighted by Gasteiger charge is -2.43. The van der Waals surface area contributed by atoms with Crippen LogP contribution in [0.1, 0.15) is 39.7 Å². The number of esters is 1. The summed E-state index contributed by atoms with van der Waals surface area (Å²) in [5, 5.41) is 21.3. The van der Waals surface area contributed by atoms with Crippen molar-refractivity contribution in [2.24, 2.45) is 16.8 Å². The molecule has 0 aliphatic carbocycles. The Hall–Kier alpha value is -3.59. The average Bonchev–Trinajstić information content (AvgIpc) is 3.19. The molecular formula is C29H37F2N3O9. The predicted octanol–water partition coefficient (Wildman–Crippen LogP) is 3.04.